The fourth-order valence-electron chi connectivity index (χ4n) is 2.70. The number of hydrogen-bond acceptors (Lipinski definition) is 2. The molecule has 0 spiro atoms. The summed E-state index contributed by atoms with van der Waals surface area (Å²) in [7, 11) is 0. The summed E-state index contributed by atoms with van der Waals surface area (Å²) in [6.07, 6.45) is 8.27. The molecule has 0 saturated heterocycles. The molecule has 2 aromatic rings. The Hall–Kier alpha value is -1.09. The third kappa shape index (κ3) is 4.19. The summed E-state index contributed by atoms with van der Waals surface area (Å²) in [5.41, 5.74) is 3.14. The molecule has 2 rings (SSSR count). The molecule has 0 amide bonds. The fraction of sp³-hybridized carbons (Fsp3) is 0.647. The van der Waals surface area contributed by atoms with E-state index < -0.39 is 0 Å². The summed E-state index contributed by atoms with van der Waals surface area (Å²) in [5.74, 6) is 2.21. The minimum Gasteiger partial charge on any atom is -0.312 e. The van der Waals surface area contributed by atoms with Gasteiger partial charge in [0, 0.05) is 12.7 Å². The van der Waals surface area contributed by atoms with E-state index in [-0.39, 0.29) is 0 Å². The van der Waals surface area contributed by atoms with Crippen LogP contribution >= 0.6 is 11.6 Å². The number of pyridine rings is 1. The molecule has 0 radical (unpaired) electrons. The Morgan fingerprint density at radius 3 is 2.67 bits per heavy atom. The van der Waals surface area contributed by atoms with Crippen LogP contribution in [0.3, 0.4) is 0 Å². The Bertz CT molecular complexity index is 575. The molecule has 4 heteroatoms. The van der Waals surface area contributed by atoms with E-state index in [9.17, 15) is 0 Å². The predicted octanol–water partition coefficient (Wildman–Crippen LogP) is 5.09. The van der Waals surface area contributed by atoms with Gasteiger partial charge in [-0.05, 0) is 30.9 Å². The summed E-state index contributed by atoms with van der Waals surface area (Å²) in [6, 6.07) is 2.00. The monoisotopic (exact) mass is 307 g/mol. The molecular formula is C17H26ClN3. The average molecular weight is 308 g/mol. The second kappa shape index (κ2) is 7.79. The van der Waals surface area contributed by atoms with Crippen molar-refractivity contribution in [3.05, 3.63) is 23.7 Å². The topological polar surface area (TPSA) is 30.7 Å². The molecule has 2 heterocycles. The molecule has 2 aromatic heterocycles. The van der Waals surface area contributed by atoms with E-state index in [0.29, 0.717) is 5.88 Å². The molecule has 0 unspecified atom stereocenters. The smallest absolute Gasteiger partial charge is 0.160 e. The van der Waals surface area contributed by atoms with Crippen LogP contribution in [0.4, 0.5) is 0 Å². The van der Waals surface area contributed by atoms with E-state index in [1.807, 2.05) is 12.3 Å². The molecular weight excluding hydrogens is 282 g/mol. The number of nitrogens with zero attached hydrogens (tertiary/aromatic N) is 3. The van der Waals surface area contributed by atoms with Crippen LogP contribution in [0, 0.1) is 12.8 Å². The second-order valence-electron chi connectivity index (χ2n) is 6.21. The number of aryl methyl sites for hydroxylation is 2. The SMILES string of the molecule is Cc1ccnc2c1nc(CCl)n2CCCCCCC(C)C. The Labute approximate surface area is 132 Å². The molecule has 0 fully saturated rings. The maximum atomic E-state index is 6.04. The highest BCUT2D eigenvalue weighted by atomic mass is 35.5. The van der Waals surface area contributed by atoms with Crippen molar-refractivity contribution in [1.82, 2.24) is 14.5 Å². The van der Waals surface area contributed by atoms with Gasteiger partial charge in [-0.2, -0.15) is 0 Å². The number of halogens is 1. The Kier molecular flexibility index (Phi) is 6.04. The van der Waals surface area contributed by atoms with Gasteiger partial charge in [-0.3, -0.25) is 0 Å². The summed E-state index contributed by atoms with van der Waals surface area (Å²) in [5, 5.41) is 0. The maximum absolute atomic E-state index is 6.04. The summed E-state index contributed by atoms with van der Waals surface area (Å²) in [6.45, 7) is 7.62. The Balaban J connectivity index is 1.96. The minimum absolute atomic E-state index is 0.448. The molecule has 0 aliphatic rings. The average Bonchev–Trinajstić information content (AvgIpc) is 2.82. The highest BCUT2D eigenvalue weighted by molar-refractivity contribution is 6.16. The molecule has 116 valence electrons. The third-order valence-corrected chi connectivity index (χ3v) is 4.19. The first-order valence-electron chi connectivity index (χ1n) is 8.00. The van der Waals surface area contributed by atoms with Gasteiger partial charge in [0.15, 0.2) is 5.65 Å². The minimum atomic E-state index is 0.448. The van der Waals surface area contributed by atoms with Crippen molar-refractivity contribution < 1.29 is 0 Å². The van der Waals surface area contributed by atoms with Crippen molar-refractivity contribution in [2.24, 2.45) is 5.92 Å². The van der Waals surface area contributed by atoms with Gasteiger partial charge >= 0.3 is 0 Å². The van der Waals surface area contributed by atoms with Crippen molar-refractivity contribution in [2.45, 2.75) is 65.3 Å². The molecule has 21 heavy (non-hydrogen) atoms. The number of hydrogen-bond donors (Lipinski definition) is 0. The summed E-state index contributed by atoms with van der Waals surface area (Å²) in [4.78, 5) is 9.13. The fourth-order valence-corrected chi connectivity index (χ4v) is 2.90. The lowest BCUT2D eigenvalue weighted by molar-refractivity contribution is 0.505. The molecule has 0 aliphatic carbocycles. The lowest BCUT2D eigenvalue weighted by atomic mass is 10.0. The van der Waals surface area contributed by atoms with Crippen molar-refractivity contribution in [2.75, 3.05) is 0 Å². The zero-order chi connectivity index (χ0) is 15.2. The maximum Gasteiger partial charge on any atom is 0.160 e. The third-order valence-electron chi connectivity index (χ3n) is 3.95. The Morgan fingerprint density at radius 1 is 1.19 bits per heavy atom. The van der Waals surface area contributed by atoms with Crippen LogP contribution in [0.5, 0.6) is 0 Å². The van der Waals surface area contributed by atoms with Gasteiger partial charge in [0.2, 0.25) is 0 Å². The second-order valence-corrected chi connectivity index (χ2v) is 6.48. The van der Waals surface area contributed by atoms with E-state index in [0.717, 1.165) is 29.5 Å². The molecule has 0 saturated carbocycles. The van der Waals surface area contributed by atoms with Crippen LogP contribution in [0.1, 0.15) is 57.3 Å². The van der Waals surface area contributed by atoms with Crippen LogP contribution in [0.15, 0.2) is 12.3 Å². The van der Waals surface area contributed by atoms with Gasteiger partial charge in [-0.25, -0.2) is 9.97 Å². The van der Waals surface area contributed by atoms with Gasteiger partial charge in [-0.1, -0.05) is 39.5 Å². The van der Waals surface area contributed by atoms with Crippen LogP contribution in [-0.4, -0.2) is 14.5 Å². The lowest BCUT2D eigenvalue weighted by Gasteiger charge is -2.08. The number of alkyl halides is 1. The van der Waals surface area contributed by atoms with Gasteiger partial charge < -0.3 is 4.57 Å². The molecule has 0 bridgehead atoms. The van der Waals surface area contributed by atoms with Crippen LogP contribution < -0.4 is 0 Å². The summed E-state index contributed by atoms with van der Waals surface area (Å²) >= 11 is 6.04. The van der Waals surface area contributed by atoms with Crippen LogP contribution in [0.25, 0.3) is 11.2 Å². The largest absolute Gasteiger partial charge is 0.312 e. The summed E-state index contributed by atoms with van der Waals surface area (Å²) < 4.78 is 2.19. The van der Waals surface area contributed by atoms with Gasteiger partial charge in [0.1, 0.15) is 11.3 Å². The number of imidazole rings is 1. The van der Waals surface area contributed by atoms with Crippen LogP contribution in [0.2, 0.25) is 0 Å². The van der Waals surface area contributed by atoms with E-state index >= 15 is 0 Å². The van der Waals surface area contributed by atoms with Gasteiger partial charge in [0.05, 0.1) is 5.88 Å². The quantitative estimate of drug-likeness (QED) is 0.502. The van der Waals surface area contributed by atoms with Crippen LogP contribution in [-0.2, 0) is 12.4 Å². The standard InChI is InChI=1S/C17H26ClN3/c1-13(2)8-6-4-5-7-11-21-15(12-18)20-16-14(3)9-10-19-17(16)21/h9-10,13H,4-8,11-12H2,1-3H3. The lowest BCUT2D eigenvalue weighted by Crippen LogP contribution is -2.03. The first-order valence-corrected chi connectivity index (χ1v) is 8.53. The van der Waals surface area contributed by atoms with Crippen molar-refractivity contribution >= 4 is 22.8 Å². The molecule has 0 aromatic carbocycles. The van der Waals surface area contributed by atoms with Gasteiger partial charge in [0.25, 0.3) is 0 Å². The predicted molar refractivity (Wildman–Crippen MR) is 89.7 cm³/mol. The zero-order valence-corrected chi connectivity index (χ0v) is 14.2. The van der Waals surface area contributed by atoms with E-state index in [1.165, 1.54) is 37.7 Å². The highest BCUT2D eigenvalue weighted by Crippen LogP contribution is 2.20. The first kappa shape index (κ1) is 16.3. The molecule has 0 atom stereocenters. The first-order chi connectivity index (χ1) is 10.1. The molecule has 0 N–H and O–H groups in total. The van der Waals surface area contributed by atoms with E-state index in [4.69, 9.17) is 11.6 Å². The van der Waals surface area contributed by atoms with Crippen molar-refractivity contribution in [3.8, 4) is 0 Å². The Morgan fingerprint density at radius 2 is 1.95 bits per heavy atom. The van der Waals surface area contributed by atoms with E-state index in [1.54, 1.807) is 0 Å². The number of fused-ring (bicyclic) bond motifs is 1. The number of aromatic nitrogens is 3. The van der Waals surface area contributed by atoms with Gasteiger partial charge in [-0.15, -0.1) is 11.6 Å². The number of rotatable bonds is 8. The van der Waals surface area contributed by atoms with E-state index in [2.05, 4.69) is 35.3 Å². The zero-order valence-electron chi connectivity index (χ0n) is 13.4. The van der Waals surface area contributed by atoms with Crippen molar-refractivity contribution in [1.29, 1.82) is 0 Å². The van der Waals surface area contributed by atoms with Crippen molar-refractivity contribution in [3.63, 3.8) is 0 Å². The highest BCUT2D eigenvalue weighted by Gasteiger charge is 2.12. The number of unbranched alkanes of at least 4 members (excludes halogenated alkanes) is 3. The normalized spacial score (nSPS) is 11.7. The molecule has 0 aliphatic heterocycles. The molecule has 3 nitrogen and oxygen atoms in total.